The van der Waals surface area contributed by atoms with E-state index in [1.807, 2.05) is 0 Å². The minimum atomic E-state index is -6.18. The third-order valence-electron chi connectivity index (χ3n) is 2.51. The standard InChI is InChI=1S/C9H5F3N2O9S2/c10-9(11,12)25(22,23)4-1-5(13(17)18)8(6(2-4)14(19)20)24(21)3-7(15)16/h1-2H,3H2,(H,15,16). The lowest BCUT2D eigenvalue weighted by atomic mass is 10.3. The zero-order valence-corrected chi connectivity index (χ0v) is 13.1. The summed E-state index contributed by atoms with van der Waals surface area (Å²) in [4.78, 5) is 26.3. The number of alkyl halides is 3. The van der Waals surface area contributed by atoms with Crippen LogP contribution >= 0.6 is 0 Å². The lowest BCUT2D eigenvalue weighted by molar-refractivity contribution is -0.400. The number of nitro groups is 2. The van der Waals surface area contributed by atoms with Gasteiger partial charge in [0.15, 0.2) is 4.90 Å². The number of hydrogen-bond acceptors (Lipinski definition) is 8. The molecule has 1 rings (SSSR count). The van der Waals surface area contributed by atoms with Crippen molar-refractivity contribution in [3.05, 3.63) is 32.4 Å². The monoisotopic (exact) mass is 406 g/mol. The molecule has 0 fully saturated rings. The fourth-order valence-corrected chi connectivity index (χ4v) is 3.45. The smallest absolute Gasteiger partial charge is 0.481 e. The van der Waals surface area contributed by atoms with E-state index in [-0.39, 0.29) is 12.1 Å². The van der Waals surface area contributed by atoms with Crippen LogP contribution in [0.25, 0.3) is 0 Å². The van der Waals surface area contributed by atoms with E-state index < -0.39 is 68.9 Å². The average Bonchev–Trinajstić information content (AvgIpc) is 2.43. The summed E-state index contributed by atoms with van der Waals surface area (Å²) in [7, 11) is -9.07. The zero-order valence-electron chi connectivity index (χ0n) is 11.4. The van der Waals surface area contributed by atoms with Crippen molar-refractivity contribution < 1.29 is 45.5 Å². The number of benzene rings is 1. The topological polar surface area (TPSA) is 175 Å². The Morgan fingerprint density at radius 3 is 1.84 bits per heavy atom. The summed E-state index contributed by atoms with van der Waals surface area (Å²) in [6.07, 6.45) is 0. The van der Waals surface area contributed by atoms with Gasteiger partial charge >= 0.3 is 11.5 Å². The predicted molar refractivity (Wildman–Crippen MR) is 71.9 cm³/mol. The van der Waals surface area contributed by atoms with Crippen LogP contribution in [0.3, 0.4) is 0 Å². The first-order valence-corrected chi connectivity index (χ1v) is 8.38. The van der Waals surface area contributed by atoms with Gasteiger partial charge in [-0.3, -0.25) is 29.2 Å². The summed E-state index contributed by atoms with van der Waals surface area (Å²) in [5.41, 5.74) is -9.08. The molecule has 11 nitrogen and oxygen atoms in total. The summed E-state index contributed by atoms with van der Waals surface area (Å²) >= 11 is 0. The maximum atomic E-state index is 12.6. The highest BCUT2D eigenvalue weighted by molar-refractivity contribution is 7.92. The first-order chi connectivity index (χ1) is 11.2. The van der Waals surface area contributed by atoms with E-state index in [0.717, 1.165) is 0 Å². The highest BCUT2D eigenvalue weighted by Gasteiger charge is 2.49. The van der Waals surface area contributed by atoms with Crippen molar-refractivity contribution in [3.8, 4) is 0 Å². The predicted octanol–water partition coefficient (Wildman–Crippen LogP) is 0.989. The van der Waals surface area contributed by atoms with Gasteiger partial charge in [-0.15, -0.1) is 0 Å². The summed E-state index contributed by atoms with van der Waals surface area (Å²) < 4.78 is 72.1. The van der Waals surface area contributed by atoms with Gasteiger partial charge < -0.3 is 5.11 Å². The molecular weight excluding hydrogens is 401 g/mol. The Balaban J connectivity index is 3.89. The normalized spacial score (nSPS) is 13.2. The molecule has 0 aliphatic heterocycles. The van der Waals surface area contributed by atoms with E-state index in [4.69, 9.17) is 5.11 Å². The third-order valence-corrected chi connectivity index (χ3v) is 5.36. The highest BCUT2D eigenvalue weighted by Crippen LogP contribution is 2.39. The van der Waals surface area contributed by atoms with E-state index in [1.165, 1.54) is 0 Å². The van der Waals surface area contributed by atoms with Crippen molar-refractivity contribution in [1.82, 2.24) is 0 Å². The molecule has 1 aromatic rings. The van der Waals surface area contributed by atoms with Crippen LogP contribution in [-0.2, 0) is 25.4 Å². The van der Waals surface area contributed by atoms with Gasteiger partial charge in [0, 0.05) is 12.1 Å². The van der Waals surface area contributed by atoms with Crippen molar-refractivity contribution in [1.29, 1.82) is 0 Å². The molecule has 1 unspecified atom stereocenters. The van der Waals surface area contributed by atoms with Gasteiger partial charge in [-0.2, -0.15) is 13.2 Å². The summed E-state index contributed by atoms with van der Waals surface area (Å²) in [6.45, 7) is 0. The van der Waals surface area contributed by atoms with Crippen molar-refractivity contribution in [3.63, 3.8) is 0 Å². The van der Waals surface area contributed by atoms with Gasteiger partial charge in [0.25, 0.3) is 21.2 Å². The fraction of sp³-hybridized carbons (Fsp3) is 0.222. The van der Waals surface area contributed by atoms with Crippen LogP contribution in [-0.4, -0.2) is 44.8 Å². The number of halogens is 3. The number of carboxylic acid groups (broad SMARTS) is 1. The molecule has 0 heterocycles. The second-order valence-corrected chi connectivity index (χ2v) is 7.47. The molecule has 0 radical (unpaired) electrons. The van der Waals surface area contributed by atoms with Gasteiger partial charge in [0.2, 0.25) is 0 Å². The maximum Gasteiger partial charge on any atom is 0.501 e. The molecule has 138 valence electrons. The van der Waals surface area contributed by atoms with Crippen LogP contribution in [0.1, 0.15) is 0 Å². The SMILES string of the molecule is O=C(O)CS(=O)c1c([N+](=O)[O-])cc(S(=O)(=O)C(F)(F)F)cc1[N+](=O)[O-]. The molecule has 1 atom stereocenters. The van der Waals surface area contributed by atoms with Gasteiger partial charge in [-0.1, -0.05) is 0 Å². The van der Waals surface area contributed by atoms with E-state index in [1.54, 1.807) is 0 Å². The van der Waals surface area contributed by atoms with E-state index in [0.29, 0.717) is 0 Å². The van der Waals surface area contributed by atoms with E-state index in [9.17, 15) is 50.8 Å². The Labute approximate surface area is 137 Å². The first-order valence-electron chi connectivity index (χ1n) is 5.58. The number of sulfone groups is 1. The number of nitro benzene ring substituents is 2. The second-order valence-electron chi connectivity index (χ2n) is 4.14. The van der Waals surface area contributed by atoms with Crippen LogP contribution in [0.15, 0.2) is 21.9 Å². The molecule has 25 heavy (non-hydrogen) atoms. The van der Waals surface area contributed by atoms with Crippen molar-refractivity contribution in [2.75, 3.05) is 5.75 Å². The molecule has 1 aromatic carbocycles. The lowest BCUT2D eigenvalue weighted by Crippen LogP contribution is -2.24. The molecule has 1 N–H and O–H groups in total. The summed E-state index contributed by atoms with van der Waals surface area (Å²) in [5, 5.41) is 30.4. The molecular formula is C9H5F3N2O9S2. The minimum absolute atomic E-state index is 0.162. The Hall–Kier alpha value is -2.62. The Bertz CT molecular complexity index is 859. The molecule has 0 spiro atoms. The van der Waals surface area contributed by atoms with Crippen LogP contribution in [0.2, 0.25) is 0 Å². The number of carbonyl (C=O) groups is 1. The summed E-state index contributed by atoms with van der Waals surface area (Å²) in [5.74, 6) is -3.10. The number of rotatable bonds is 6. The molecule has 0 aliphatic carbocycles. The van der Waals surface area contributed by atoms with Gasteiger partial charge in [-0.25, -0.2) is 8.42 Å². The van der Waals surface area contributed by atoms with Crippen molar-refractivity contribution in [2.24, 2.45) is 0 Å². The van der Waals surface area contributed by atoms with Gasteiger partial charge in [0.1, 0.15) is 5.75 Å². The summed E-state index contributed by atoms with van der Waals surface area (Å²) in [6, 6.07) is -0.324. The molecule has 0 saturated carbocycles. The molecule has 0 aromatic heterocycles. The molecule has 0 aliphatic rings. The number of aliphatic carboxylic acids is 1. The fourth-order valence-electron chi connectivity index (χ4n) is 1.55. The van der Waals surface area contributed by atoms with E-state index in [2.05, 4.69) is 0 Å². The van der Waals surface area contributed by atoms with Crippen LogP contribution in [0.4, 0.5) is 24.5 Å². The molecule has 16 heteroatoms. The van der Waals surface area contributed by atoms with Crippen LogP contribution < -0.4 is 0 Å². The van der Waals surface area contributed by atoms with Gasteiger partial charge in [0.05, 0.1) is 25.5 Å². The van der Waals surface area contributed by atoms with Crippen molar-refractivity contribution in [2.45, 2.75) is 15.3 Å². The minimum Gasteiger partial charge on any atom is -0.481 e. The average molecular weight is 406 g/mol. The third kappa shape index (κ3) is 4.08. The maximum absolute atomic E-state index is 12.6. The van der Waals surface area contributed by atoms with Crippen molar-refractivity contribution >= 4 is 38.0 Å². The second kappa shape index (κ2) is 6.71. The number of nitrogens with zero attached hydrogens (tertiary/aromatic N) is 2. The Kier molecular flexibility index (Phi) is 5.48. The number of hydrogen-bond donors (Lipinski definition) is 1. The van der Waals surface area contributed by atoms with E-state index >= 15 is 0 Å². The van der Waals surface area contributed by atoms with Crippen LogP contribution in [0.5, 0.6) is 0 Å². The molecule has 0 amide bonds. The Morgan fingerprint density at radius 1 is 1.16 bits per heavy atom. The molecule has 0 bridgehead atoms. The van der Waals surface area contributed by atoms with Gasteiger partial charge in [-0.05, 0) is 0 Å². The highest BCUT2D eigenvalue weighted by atomic mass is 32.2. The lowest BCUT2D eigenvalue weighted by Gasteiger charge is -2.10. The first kappa shape index (κ1) is 20.4. The Morgan fingerprint density at radius 2 is 1.56 bits per heavy atom. The largest absolute Gasteiger partial charge is 0.501 e. The quantitative estimate of drug-likeness (QED) is 0.533. The number of carboxylic acids is 1. The molecule has 0 saturated heterocycles. The van der Waals surface area contributed by atoms with Crippen LogP contribution in [0, 0.1) is 20.2 Å². The zero-order chi connectivity index (χ0) is 19.7.